The molecule has 0 spiro atoms. The van der Waals surface area contributed by atoms with Crippen molar-refractivity contribution >= 4 is 119 Å². The SMILES string of the molecule is CC(C)(O)c1ccc(N2CCNC(=O)C2)nc1.COC(=O)c1ccc(Cl)cn1.COC(=O)c1ccc(N2CCNC(=O)C2)nc1.O=C1CNCCN1.[C-]#[N+]c1ccc(-c2cccc3c(OC)c(Br)cnc23)cc1.[C-]#[N+]c1ccc(-c2cccc3c(OC)c(N4CCN(c5ccc(C(C)(C)O)cn5)CC4=O)cnc23)cc1. The molecule has 110 heavy (non-hydrogen) atoms. The number of halogens is 2. The number of benzene rings is 4. The number of piperazine rings is 4. The van der Waals surface area contributed by atoms with Gasteiger partial charge in [-0.25, -0.2) is 39.2 Å². The number of hydrogen-bond donors (Lipinski definition) is 6. The van der Waals surface area contributed by atoms with E-state index in [-0.39, 0.29) is 35.9 Å². The molecular formula is C80H82BrClN16O12. The fraction of sp³-hybridized carbons (Fsp3) is 0.275. The number of para-hydroxylation sites is 2. The van der Waals surface area contributed by atoms with Crippen LogP contribution >= 0.6 is 27.5 Å². The molecule has 30 heteroatoms. The fourth-order valence-electron chi connectivity index (χ4n) is 11.5. The van der Waals surface area contributed by atoms with E-state index < -0.39 is 23.1 Å². The molecule has 6 aromatic heterocycles. The summed E-state index contributed by atoms with van der Waals surface area (Å²) in [6.45, 7) is 27.8. The molecule has 4 amide bonds. The number of hydrogen-bond acceptors (Lipinski definition) is 22. The van der Waals surface area contributed by atoms with Crippen LogP contribution in [0.25, 0.3) is 53.7 Å². The number of methoxy groups -OCH3 is 4. The number of carbonyl (C=O) groups is 6. The van der Waals surface area contributed by atoms with Crippen LogP contribution in [0.5, 0.6) is 11.5 Å². The van der Waals surface area contributed by atoms with Gasteiger partial charge in [0.15, 0.2) is 17.1 Å². The van der Waals surface area contributed by atoms with E-state index in [1.807, 2.05) is 112 Å². The summed E-state index contributed by atoms with van der Waals surface area (Å²) in [5.41, 5.74) is 7.71. The Morgan fingerprint density at radius 3 is 1.40 bits per heavy atom. The third-order valence-electron chi connectivity index (χ3n) is 17.3. The van der Waals surface area contributed by atoms with Crippen LogP contribution in [0.1, 0.15) is 59.7 Å². The van der Waals surface area contributed by atoms with Crippen molar-refractivity contribution in [2.45, 2.75) is 38.9 Å². The predicted octanol–water partition coefficient (Wildman–Crippen LogP) is 10.4. The van der Waals surface area contributed by atoms with Gasteiger partial charge in [0.05, 0.1) is 111 Å². The standard InChI is InChI=1S/C29H27N5O3.C17H11BrN2O.C12H17N3O2.C11H13N3O3.C7H6ClNO2.C4H8N2O/c1-29(2,36)20-10-13-25(31-16-20)33-14-15-34(26(35)18-33)24-17-32-27-22(6-5-7-23(27)28(24)37-4)19-8-11-21(30-3)12-9-19;1-19-12-8-6-11(7-9-12)13-4-3-5-14-16(13)20-10-15(18)17(14)21-2;1-12(2,17)9-3-4-10(14-7-9)15-6-5-13-11(16)8-15;1-17-11(16)8-2-3-9(13-6-8)14-5-4-12-10(15)7-14;1-11-7(10)6-3-2-5(8)4-9-6;7-4-3-5-1-2-6-4/h5-13,16-17,36H,14-15,18H2,1-2,4H3;3-10H,2H3;3-4,7,17H,5-6,8H2,1-2H3,(H,13,16);2-3,6H,4-5,7H2,1H3,(H,12,15);2-4H,1H3;5H,1-3H2,(H,6,7). The Hall–Kier alpha value is -12.3. The minimum Gasteiger partial charge on any atom is -0.495 e. The van der Waals surface area contributed by atoms with Crippen LogP contribution < -0.4 is 50.3 Å². The summed E-state index contributed by atoms with van der Waals surface area (Å²) < 4.78 is 21.1. The molecule has 28 nitrogen and oxygen atoms in total. The van der Waals surface area contributed by atoms with Crippen LogP contribution in [-0.4, -0.2) is 183 Å². The summed E-state index contributed by atoms with van der Waals surface area (Å²) in [6, 6.07) is 40.6. The molecule has 10 heterocycles. The molecule has 0 aliphatic carbocycles. The highest BCUT2D eigenvalue weighted by Gasteiger charge is 2.30. The number of ether oxygens (including phenoxy) is 4. The van der Waals surface area contributed by atoms with Gasteiger partial charge in [0.1, 0.15) is 34.6 Å². The van der Waals surface area contributed by atoms with Gasteiger partial charge in [-0.2, -0.15) is 0 Å². The number of pyridine rings is 6. The summed E-state index contributed by atoms with van der Waals surface area (Å²) in [7, 11) is 5.88. The molecule has 0 bridgehead atoms. The van der Waals surface area contributed by atoms with Crippen molar-refractivity contribution in [3.05, 3.63) is 225 Å². The number of rotatable bonds is 12. The Balaban J connectivity index is 0.000000164. The lowest BCUT2D eigenvalue weighted by Crippen LogP contribution is -2.51. The maximum absolute atomic E-state index is 13.3. The first-order valence-corrected chi connectivity index (χ1v) is 35.7. The quantitative estimate of drug-likeness (QED) is 0.0489. The summed E-state index contributed by atoms with van der Waals surface area (Å²) in [4.78, 5) is 108. The van der Waals surface area contributed by atoms with Crippen LogP contribution in [0.15, 0.2) is 175 Å². The molecule has 10 aromatic rings. The highest BCUT2D eigenvalue weighted by molar-refractivity contribution is 9.10. The van der Waals surface area contributed by atoms with E-state index in [0.29, 0.717) is 90.8 Å². The van der Waals surface area contributed by atoms with E-state index >= 15 is 0 Å². The van der Waals surface area contributed by atoms with E-state index in [0.717, 1.165) is 97.4 Å². The highest BCUT2D eigenvalue weighted by atomic mass is 79.9. The molecule has 4 aromatic carbocycles. The van der Waals surface area contributed by atoms with Gasteiger partial charge in [0.2, 0.25) is 23.6 Å². The summed E-state index contributed by atoms with van der Waals surface area (Å²) in [5.74, 6) is 2.68. The molecular weight excluding hydrogens is 1490 g/mol. The lowest BCUT2D eigenvalue weighted by atomic mass is 10.0. The number of nitrogens with one attached hydrogen (secondary N) is 4. The molecule has 568 valence electrons. The van der Waals surface area contributed by atoms with Crippen molar-refractivity contribution in [3.8, 4) is 33.8 Å². The van der Waals surface area contributed by atoms with Crippen molar-refractivity contribution in [2.24, 2.45) is 0 Å². The van der Waals surface area contributed by atoms with Crippen LogP contribution in [0.4, 0.5) is 34.5 Å². The van der Waals surface area contributed by atoms with Gasteiger partial charge in [-0.05, 0) is 103 Å². The fourth-order valence-corrected chi connectivity index (χ4v) is 12.1. The number of aliphatic hydroxyl groups is 2. The lowest BCUT2D eigenvalue weighted by Gasteiger charge is -2.35. The number of carbonyl (C=O) groups excluding carboxylic acids is 6. The zero-order valence-corrected chi connectivity index (χ0v) is 64.1. The topological polar surface area (TPSA) is 327 Å². The average Bonchev–Trinajstić information content (AvgIpc) is 0.755. The largest absolute Gasteiger partial charge is 0.495 e. The van der Waals surface area contributed by atoms with Gasteiger partial charge in [-0.3, -0.25) is 29.1 Å². The first-order chi connectivity index (χ1) is 52.8. The minimum atomic E-state index is -0.971. The molecule has 4 fully saturated rings. The number of anilines is 4. The predicted molar refractivity (Wildman–Crippen MR) is 424 cm³/mol. The molecule has 4 aliphatic rings. The maximum atomic E-state index is 13.3. The second kappa shape index (κ2) is 38.5. The lowest BCUT2D eigenvalue weighted by molar-refractivity contribution is -0.121. The van der Waals surface area contributed by atoms with E-state index in [2.05, 4.69) is 81.3 Å². The average molecular weight is 1570 g/mol. The van der Waals surface area contributed by atoms with E-state index in [1.54, 1.807) is 102 Å². The van der Waals surface area contributed by atoms with Crippen molar-refractivity contribution < 1.29 is 57.9 Å². The Morgan fingerprint density at radius 1 is 0.509 bits per heavy atom. The number of fused-ring (bicyclic) bond motifs is 2. The number of nitrogens with zero attached hydrogens (tertiary/aromatic N) is 12. The first-order valence-electron chi connectivity index (χ1n) is 34.6. The van der Waals surface area contributed by atoms with Gasteiger partial charge in [0.25, 0.3) is 0 Å². The molecule has 0 saturated carbocycles. The summed E-state index contributed by atoms with van der Waals surface area (Å²) in [6.07, 6.45) is 9.60. The Morgan fingerprint density at radius 2 is 1.00 bits per heavy atom. The van der Waals surface area contributed by atoms with Crippen molar-refractivity contribution in [2.75, 3.05) is 127 Å². The van der Waals surface area contributed by atoms with Crippen molar-refractivity contribution in [3.63, 3.8) is 0 Å². The first kappa shape index (κ1) is 81.8. The van der Waals surface area contributed by atoms with Gasteiger partial charge < -0.3 is 70.0 Å². The van der Waals surface area contributed by atoms with Gasteiger partial charge in [-0.15, -0.1) is 0 Å². The van der Waals surface area contributed by atoms with Gasteiger partial charge in [-0.1, -0.05) is 96.5 Å². The Bertz CT molecular complexity index is 4960. The molecule has 0 unspecified atom stereocenters. The molecule has 4 aliphatic heterocycles. The Kier molecular flexibility index (Phi) is 28.7. The van der Waals surface area contributed by atoms with Crippen LogP contribution in [0.2, 0.25) is 5.02 Å². The zero-order valence-electron chi connectivity index (χ0n) is 61.8. The van der Waals surface area contributed by atoms with Gasteiger partial charge in [0, 0.05) is 116 Å². The second-order valence-electron chi connectivity index (χ2n) is 25.8. The normalized spacial score (nSPS) is 14.0. The number of amides is 4. The van der Waals surface area contributed by atoms with Crippen LogP contribution in [0, 0.1) is 13.1 Å². The molecule has 0 radical (unpaired) electrons. The third kappa shape index (κ3) is 21.8. The number of aromatic nitrogens is 6. The third-order valence-corrected chi connectivity index (χ3v) is 18.1. The second-order valence-corrected chi connectivity index (χ2v) is 27.0. The maximum Gasteiger partial charge on any atom is 0.356 e. The smallest absolute Gasteiger partial charge is 0.356 e. The summed E-state index contributed by atoms with van der Waals surface area (Å²) >= 11 is 9.00. The van der Waals surface area contributed by atoms with Gasteiger partial charge >= 0.3 is 11.9 Å². The summed E-state index contributed by atoms with van der Waals surface area (Å²) in [5, 5.41) is 33.4. The van der Waals surface area contributed by atoms with Crippen molar-refractivity contribution in [1.82, 2.24) is 51.2 Å². The molecule has 14 rings (SSSR count). The highest BCUT2D eigenvalue weighted by Crippen LogP contribution is 2.41. The number of esters is 2. The molecule has 6 N–H and O–H groups in total. The minimum absolute atomic E-state index is 0.0182. The van der Waals surface area contributed by atoms with E-state index in [1.165, 1.54) is 32.7 Å². The molecule has 0 atom stereocenters. The zero-order chi connectivity index (χ0) is 79.1. The van der Waals surface area contributed by atoms with E-state index in [4.69, 9.17) is 39.2 Å². The molecule has 4 saturated heterocycles. The van der Waals surface area contributed by atoms with Crippen molar-refractivity contribution in [1.29, 1.82) is 0 Å². The van der Waals surface area contributed by atoms with Crippen LogP contribution in [0.3, 0.4) is 0 Å². The Labute approximate surface area is 649 Å². The van der Waals surface area contributed by atoms with Crippen LogP contribution in [-0.2, 0) is 39.9 Å². The van der Waals surface area contributed by atoms with E-state index in [9.17, 15) is 39.0 Å². The monoisotopic (exact) mass is 1570 g/mol.